The molecule has 0 atom stereocenters. The van der Waals surface area contributed by atoms with Gasteiger partial charge >= 0.3 is 0 Å². The molecule has 0 N–H and O–H groups in total. The van der Waals surface area contributed by atoms with Gasteiger partial charge in [-0.15, -0.1) is 0 Å². The molecule has 0 spiro atoms. The van der Waals surface area contributed by atoms with Crippen molar-refractivity contribution in [3.05, 3.63) is 24.3 Å². The fourth-order valence-corrected chi connectivity index (χ4v) is 1.69. The van der Waals surface area contributed by atoms with Crippen LogP contribution in [0.4, 0.5) is 0 Å². The molecule has 0 aliphatic carbocycles. The second-order valence-corrected chi connectivity index (χ2v) is 4.54. The van der Waals surface area contributed by atoms with Gasteiger partial charge in [0.25, 0.3) is 0 Å². The van der Waals surface area contributed by atoms with Gasteiger partial charge in [0.2, 0.25) is 0 Å². The largest absolute Gasteiger partial charge is 0.494 e. The summed E-state index contributed by atoms with van der Waals surface area (Å²) in [6.45, 7) is 3.62. The Labute approximate surface area is 115 Å². The molecule has 0 bridgehead atoms. The number of carbonyl (C=O) groups excluding carboxylic acids is 1. The van der Waals surface area contributed by atoms with Gasteiger partial charge < -0.3 is 14.3 Å². The van der Waals surface area contributed by atoms with Crippen LogP contribution in [-0.4, -0.2) is 19.5 Å². The van der Waals surface area contributed by atoms with Gasteiger partial charge in [0.15, 0.2) is 0 Å². The van der Waals surface area contributed by atoms with E-state index in [-0.39, 0.29) is 0 Å². The lowest BCUT2D eigenvalue weighted by molar-refractivity contribution is -0.107. The molecule has 0 aliphatic rings. The summed E-state index contributed by atoms with van der Waals surface area (Å²) in [5.41, 5.74) is 0. The summed E-state index contributed by atoms with van der Waals surface area (Å²) >= 11 is 0. The molecular formula is C16H24O3. The quantitative estimate of drug-likeness (QED) is 0.447. The topological polar surface area (TPSA) is 35.5 Å². The highest BCUT2D eigenvalue weighted by molar-refractivity contribution is 5.48. The van der Waals surface area contributed by atoms with Gasteiger partial charge in [-0.1, -0.05) is 19.8 Å². The van der Waals surface area contributed by atoms with Gasteiger partial charge in [0.1, 0.15) is 17.8 Å². The van der Waals surface area contributed by atoms with E-state index in [1.807, 2.05) is 24.3 Å². The Morgan fingerprint density at radius 3 is 1.89 bits per heavy atom. The first-order valence-electron chi connectivity index (χ1n) is 7.16. The number of aldehydes is 1. The zero-order valence-electron chi connectivity index (χ0n) is 11.8. The summed E-state index contributed by atoms with van der Waals surface area (Å²) in [7, 11) is 0. The number of benzene rings is 1. The molecule has 0 aromatic heterocycles. The third kappa shape index (κ3) is 7.50. The Hall–Kier alpha value is -1.51. The van der Waals surface area contributed by atoms with E-state index in [2.05, 4.69) is 6.92 Å². The Morgan fingerprint density at radius 1 is 0.895 bits per heavy atom. The van der Waals surface area contributed by atoms with E-state index < -0.39 is 0 Å². The van der Waals surface area contributed by atoms with Crippen molar-refractivity contribution < 1.29 is 14.3 Å². The van der Waals surface area contributed by atoms with Gasteiger partial charge in [-0.2, -0.15) is 0 Å². The molecule has 19 heavy (non-hydrogen) atoms. The third-order valence-corrected chi connectivity index (χ3v) is 2.83. The third-order valence-electron chi connectivity index (χ3n) is 2.83. The molecule has 106 valence electrons. The van der Waals surface area contributed by atoms with E-state index in [0.29, 0.717) is 13.0 Å². The van der Waals surface area contributed by atoms with Gasteiger partial charge in [0, 0.05) is 6.42 Å². The molecule has 0 heterocycles. The average molecular weight is 264 g/mol. The first-order valence-corrected chi connectivity index (χ1v) is 7.16. The van der Waals surface area contributed by atoms with Crippen molar-refractivity contribution in [1.82, 2.24) is 0 Å². The van der Waals surface area contributed by atoms with Crippen molar-refractivity contribution in [1.29, 1.82) is 0 Å². The van der Waals surface area contributed by atoms with Crippen LogP contribution in [-0.2, 0) is 4.79 Å². The van der Waals surface area contributed by atoms with Gasteiger partial charge in [-0.3, -0.25) is 0 Å². The number of carbonyl (C=O) groups is 1. The summed E-state index contributed by atoms with van der Waals surface area (Å²) < 4.78 is 11.2. The molecule has 0 saturated heterocycles. The first kappa shape index (κ1) is 15.5. The SMILES string of the molecule is CCCCCOc1ccc(OCCCCC=O)cc1. The molecule has 1 rings (SSSR count). The zero-order valence-corrected chi connectivity index (χ0v) is 11.8. The van der Waals surface area contributed by atoms with Crippen LogP contribution >= 0.6 is 0 Å². The van der Waals surface area contributed by atoms with Crippen molar-refractivity contribution in [2.45, 2.75) is 45.4 Å². The first-order chi connectivity index (χ1) is 9.36. The predicted octanol–water partition coefficient (Wildman–Crippen LogP) is 4.00. The van der Waals surface area contributed by atoms with Crippen molar-refractivity contribution in [3.8, 4) is 11.5 Å². The van der Waals surface area contributed by atoms with Crippen molar-refractivity contribution >= 4 is 6.29 Å². The van der Waals surface area contributed by atoms with Crippen LogP contribution in [0.5, 0.6) is 11.5 Å². The van der Waals surface area contributed by atoms with Crippen LogP contribution in [0.25, 0.3) is 0 Å². The molecule has 0 aliphatic heterocycles. The Morgan fingerprint density at radius 2 is 1.42 bits per heavy atom. The number of hydrogen-bond acceptors (Lipinski definition) is 3. The van der Waals surface area contributed by atoms with E-state index >= 15 is 0 Å². The summed E-state index contributed by atoms with van der Waals surface area (Å²) in [4.78, 5) is 10.1. The maximum absolute atomic E-state index is 10.1. The molecule has 3 nitrogen and oxygen atoms in total. The van der Waals surface area contributed by atoms with Crippen molar-refractivity contribution in [3.63, 3.8) is 0 Å². The van der Waals surface area contributed by atoms with E-state index in [1.165, 1.54) is 12.8 Å². The lowest BCUT2D eigenvalue weighted by atomic mass is 10.2. The van der Waals surface area contributed by atoms with Gasteiger partial charge in [0.05, 0.1) is 13.2 Å². The van der Waals surface area contributed by atoms with Crippen LogP contribution in [0.3, 0.4) is 0 Å². The molecule has 0 radical (unpaired) electrons. The molecule has 0 fully saturated rings. The number of rotatable bonds is 11. The fourth-order valence-electron chi connectivity index (χ4n) is 1.69. The average Bonchev–Trinajstić information content (AvgIpc) is 2.45. The monoisotopic (exact) mass is 264 g/mol. The van der Waals surface area contributed by atoms with E-state index in [1.54, 1.807) is 0 Å². The highest BCUT2D eigenvalue weighted by atomic mass is 16.5. The molecule has 0 unspecified atom stereocenters. The van der Waals surface area contributed by atoms with Crippen LogP contribution in [0.2, 0.25) is 0 Å². The predicted molar refractivity (Wildman–Crippen MR) is 76.9 cm³/mol. The zero-order chi connectivity index (χ0) is 13.8. The maximum Gasteiger partial charge on any atom is 0.119 e. The molecule has 1 aromatic rings. The standard InChI is InChI=1S/C16H24O3/c1-2-3-6-13-18-15-8-10-16(11-9-15)19-14-7-4-5-12-17/h8-12H,2-7,13-14H2,1H3. The Balaban J connectivity index is 2.17. The van der Waals surface area contributed by atoms with Gasteiger partial charge in [-0.25, -0.2) is 0 Å². The fraction of sp³-hybridized carbons (Fsp3) is 0.562. The van der Waals surface area contributed by atoms with Crippen LogP contribution < -0.4 is 9.47 Å². The lowest BCUT2D eigenvalue weighted by Gasteiger charge is -2.08. The van der Waals surface area contributed by atoms with E-state index in [0.717, 1.165) is 43.7 Å². The number of unbranched alkanes of at least 4 members (excludes halogenated alkanes) is 4. The summed E-state index contributed by atoms with van der Waals surface area (Å²) in [5.74, 6) is 1.75. The lowest BCUT2D eigenvalue weighted by Crippen LogP contribution is -1.99. The highest BCUT2D eigenvalue weighted by Crippen LogP contribution is 2.18. The van der Waals surface area contributed by atoms with Crippen LogP contribution in [0, 0.1) is 0 Å². The Bertz CT molecular complexity index is 332. The molecular weight excluding hydrogens is 240 g/mol. The summed E-state index contributed by atoms with van der Waals surface area (Å²) in [5, 5.41) is 0. The minimum absolute atomic E-state index is 0.619. The molecule has 0 amide bonds. The second kappa shape index (κ2) is 10.4. The van der Waals surface area contributed by atoms with Crippen molar-refractivity contribution in [2.24, 2.45) is 0 Å². The molecule has 1 aromatic carbocycles. The number of hydrogen-bond donors (Lipinski definition) is 0. The minimum Gasteiger partial charge on any atom is -0.494 e. The normalized spacial score (nSPS) is 10.2. The van der Waals surface area contributed by atoms with Crippen LogP contribution in [0.15, 0.2) is 24.3 Å². The van der Waals surface area contributed by atoms with E-state index in [9.17, 15) is 4.79 Å². The minimum atomic E-state index is 0.619. The van der Waals surface area contributed by atoms with Gasteiger partial charge in [-0.05, 0) is 43.5 Å². The Kier molecular flexibility index (Phi) is 8.52. The number of ether oxygens (including phenoxy) is 2. The van der Waals surface area contributed by atoms with E-state index in [4.69, 9.17) is 9.47 Å². The molecule has 3 heteroatoms. The van der Waals surface area contributed by atoms with Crippen molar-refractivity contribution in [2.75, 3.05) is 13.2 Å². The second-order valence-electron chi connectivity index (χ2n) is 4.54. The highest BCUT2D eigenvalue weighted by Gasteiger charge is 1.97. The smallest absolute Gasteiger partial charge is 0.119 e. The maximum atomic E-state index is 10.1. The molecule has 0 saturated carbocycles. The summed E-state index contributed by atoms with van der Waals surface area (Å²) in [6, 6.07) is 7.73. The summed E-state index contributed by atoms with van der Waals surface area (Å²) in [6.07, 6.45) is 6.89. The van der Waals surface area contributed by atoms with Crippen LogP contribution in [0.1, 0.15) is 45.4 Å².